The lowest BCUT2D eigenvalue weighted by atomic mass is 10.1. The van der Waals surface area contributed by atoms with Crippen molar-refractivity contribution >= 4 is 23.0 Å². The minimum atomic E-state index is 0.671. The van der Waals surface area contributed by atoms with E-state index in [0.29, 0.717) is 10.9 Å². The van der Waals surface area contributed by atoms with Gasteiger partial charge in [-0.25, -0.2) is 4.98 Å². The van der Waals surface area contributed by atoms with Crippen LogP contribution >= 0.6 is 11.8 Å². The van der Waals surface area contributed by atoms with E-state index in [-0.39, 0.29) is 0 Å². The van der Waals surface area contributed by atoms with Gasteiger partial charge >= 0.3 is 0 Å². The summed E-state index contributed by atoms with van der Waals surface area (Å²) >= 11 is 1.60. The third kappa shape index (κ3) is 2.24. The van der Waals surface area contributed by atoms with Crippen molar-refractivity contribution in [2.75, 3.05) is 0 Å². The normalized spacial score (nSPS) is 10.9. The van der Waals surface area contributed by atoms with E-state index in [1.54, 1.807) is 18.0 Å². The number of pyridine rings is 1. The van der Waals surface area contributed by atoms with E-state index < -0.39 is 0 Å². The average molecular weight is 256 g/mol. The zero-order valence-corrected chi connectivity index (χ0v) is 10.8. The summed E-state index contributed by atoms with van der Waals surface area (Å²) in [6.07, 6.45) is 1.72. The highest BCUT2D eigenvalue weighted by Gasteiger charge is 2.07. The Kier molecular flexibility index (Phi) is 3.02. The van der Waals surface area contributed by atoms with E-state index in [2.05, 4.69) is 35.1 Å². The number of hydrogen-bond donors (Lipinski definition) is 0. The second-order valence-corrected chi connectivity index (χ2v) is 4.95. The van der Waals surface area contributed by atoms with Gasteiger partial charge in [-0.15, -0.1) is 0 Å². The van der Waals surface area contributed by atoms with Gasteiger partial charge in [-0.2, -0.15) is 4.98 Å². The predicted molar refractivity (Wildman–Crippen MR) is 72.5 cm³/mol. The largest absolute Gasteiger partial charge is 0.430 e. The zero-order valence-electron chi connectivity index (χ0n) is 9.96. The van der Waals surface area contributed by atoms with Gasteiger partial charge in [-0.05, 0) is 30.2 Å². The summed E-state index contributed by atoms with van der Waals surface area (Å²) < 4.78 is 5.62. The third-order valence-electron chi connectivity index (χ3n) is 2.76. The Morgan fingerprint density at radius 2 is 2.06 bits per heavy atom. The number of hydrogen-bond acceptors (Lipinski definition) is 4. The van der Waals surface area contributed by atoms with Crippen molar-refractivity contribution in [2.45, 2.75) is 17.9 Å². The van der Waals surface area contributed by atoms with Gasteiger partial charge in [0.15, 0.2) is 11.2 Å². The molecule has 0 radical (unpaired) electrons. The van der Waals surface area contributed by atoms with Gasteiger partial charge in [0.2, 0.25) is 0 Å². The molecule has 0 atom stereocenters. The fraction of sp³-hybridized carbons (Fsp3) is 0.143. The van der Waals surface area contributed by atoms with Gasteiger partial charge in [0.1, 0.15) is 0 Å². The zero-order chi connectivity index (χ0) is 12.4. The van der Waals surface area contributed by atoms with Gasteiger partial charge in [-0.1, -0.05) is 36.0 Å². The molecule has 0 unspecified atom stereocenters. The van der Waals surface area contributed by atoms with Crippen LogP contribution in [0.2, 0.25) is 0 Å². The topological polar surface area (TPSA) is 38.9 Å². The van der Waals surface area contributed by atoms with Crippen molar-refractivity contribution in [3.8, 4) is 0 Å². The molecular weight excluding hydrogens is 244 g/mol. The highest BCUT2D eigenvalue weighted by atomic mass is 32.2. The van der Waals surface area contributed by atoms with Crippen molar-refractivity contribution in [1.82, 2.24) is 9.97 Å². The first kappa shape index (κ1) is 11.3. The molecule has 2 heterocycles. The number of rotatable bonds is 3. The molecule has 0 spiro atoms. The summed E-state index contributed by atoms with van der Waals surface area (Å²) in [7, 11) is 0. The second kappa shape index (κ2) is 4.82. The van der Waals surface area contributed by atoms with Gasteiger partial charge < -0.3 is 4.42 Å². The monoisotopic (exact) mass is 256 g/mol. The van der Waals surface area contributed by atoms with Crippen molar-refractivity contribution in [3.63, 3.8) is 0 Å². The molecule has 0 saturated heterocycles. The number of benzene rings is 1. The third-order valence-corrected chi connectivity index (χ3v) is 3.63. The van der Waals surface area contributed by atoms with Crippen LogP contribution in [0.25, 0.3) is 11.2 Å². The van der Waals surface area contributed by atoms with Crippen LogP contribution in [-0.2, 0) is 5.75 Å². The van der Waals surface area contributed by atoms with Crippen molar-refractivity contribution in [2.24, 2.45) is 0 Å². The molecule has 0 aliphatic rings. The number of aromatic nitrogens is 2. The van der Waals surface area contributed by atoms with E-state index >= 15 is 0 Å². The molecule has 0 bridgehead atoms. The van der Waals surface area contributed by atoms with Crippen LogP contribution in [0.15, 0.2) is 52.2 Å². The predicted octanol–water partition coefficient (Wildman–Crippen LogP) is 3.82. The van der Waals surface area contributed by atoms with Gasteiger partial charge in [0.25, 0.3) is 5.22 Å². The lowest BCUT2D eigenvalue weighted by Crippen LogP contribution is -1.85. The van der Waals surface area contributed by atoms with Crippen LogP contribution in [0.1, 0.15) is 11.1 Å². The lowest BCUT2D eigenvalue weighted by Gasteiger charge is -2.02. The molecule has 0 fully saturated rings. The van der Waals surface area contributed by atoms with Crippen LogP contribution in [0.4, 0.5) is 0 Å². The first-order valence-electron chi connectivity index (χ1n) is 5.72. The molecular formula is C14H12N2OS. The molecule has 18 heavy (non-hydrogen) atoms. The SMILES string of the molecule is Cc1ccccc1CSc1nc2ncccc2o1. The number of aryl methyl sites for hydroxylation is 1. The molecule has 0 amide bonds. The number of thioether (sulfide) groups is 1. The first-order chi connectivity index (χ1) is 8.83. The molecule has 1 aromatic carbocycles. The fourth-order valence-electron chi connectivity index (χ4n) is 1.72. The fourth-order valence-corrected chi connectivity index (χ4v) is 2.63. The second-order valence-electron chi connectivity index (χ2n) is 4.02. The van der Waals surface area contributed by atoms with Gasteiger partial charge in [0, 0.05) is 11.9 Å². The summed E-state index contributed by atoms with van der Waals surface area (Å²) in [6, 6.07) is 12.1. The van der Waals surface area contributed by atoms with Crippen molar-refractivity contribution < 1.29 is 4.42 Å². The standard InChI is InChI=1S/C14H12N2OS/c1-10-5-2-3-6-11(10)9-18-14-16-13-12(17-14)7-4-8-15-13/h2-8H,9H2,1H3. The number of fused-ring (bicyclic) bond motifs is 1. The van der Waals surface area contributed by atoms with Crippen LogP contribution in [0.5, 0.6) is 0 Å². The molecule has 0 aliphatic carbocycles. The maximum absolute atomic E-state index is 5.62. The molecule has 4 heteroatoms. The maximum atomic E-state index is 5.62. The van der Waals surface area contributed by atoms with Crippen molar-refractivity contribution in [3.05, 3.63) is 53.7 Å². The highest BCUT2D eigenvalue weighted by molar-refractivity contribution is 7.98. The lowest BCUT2D eigenvalue weighted by molar-refractivity contribution is 0.489. The van der Waals surface area contributed by atoms with E-state index in [0.717, 1.165) is 11.3 Å². The Morgan fingerprint density at radius 3 is 2.89 bits per heavy atom. The van der Waals surface area contributed by atoms with Crippen LogP contribution in [0, 0.1) is 6.92 Å². The molecule has 3 aromatic rings. The minimum absolute atomic E-state index is 0.671. The highest BCUT2D eigenvalue weighted by Crippen LogP contribution is 2.26. The summed E-state index contributed by atoms with van der Waals surface area (Å²) in [6.45, 7) is 2.11. The smallest absolute Gasteiger partial charge is 0.258 e. The number of oxazole rings is 1. The Bertz CT molecular complexity index is 645. The molecule has 0 saturated carbocycles. The van der Waals surface area contributed by atoms with E-state index in [9.17, 15) is 0 Å². The Labute approximate surface area is 109 Å². The van der Waals surface area contributed by atoms with Gasteiger partial charge in [0.05, 0.1) is 0 Å². The summed E-state index contributed by atoms with van der Waals surface area (Å²) in [4.78, 5) is 8.50. The van der Waals surface area contributed by atoms with E-state index in [4.69, 9.17) is 4.42 Å². The molecule has 0 N–H and O–H groups in total. The van der Waals surface area contributed by atoms with Crippen LogP contribution < -0.4 is 0 Å². The summed E-state index contributed by atoms with van der Waals surface area (Å²) in [5.41, 5.74) is 4.01. The number of nitrogens with zero attached hydrogens (tertiary/aromatic N) is 2. The summed E-state index contributed by atoms with van der Waals surface area (Å²) in [5.74, 6) is 0.861. The van der Waals surface area contributed by atoms with Crippen LogP contribution in [-0.4, -0.2) is 9.97 Å². The minimum Gasteiger partial charge on any atom is -0.430 e. The van der Waals surface area contributed by atoms with E-state index in [1.807, 2.05) is 18.2 Å². The first-order valence-corrected chi connectivity index (χ1v) is 6.70. The average Bonchev–Trinajstić information content (AvgIpc) is 2.80. The van der Waals surface area contributed by atoms with Crippen molar-refractivity contribution in [1.29, 1.82) is 0 Å². The summed E-state index contributed by atoms with van der Waals surface area (Å²) in [5, 5.41) is 0.673. The quantitative estimate of drug-likeness (QED) is 0.668. The Morgan fingerprint density at radius 1 is 1.17 bits per heavy atom. The maximum Gasteiger partial charge on any atom is 0.258 e. The molecule has 90 valence electrons. The molecule has 3 rings (SSSR count). The van der Waals surface area contributed by atoms with Gasteiger partial charge in [-0.3, -0.25) is 0 Å². The molecule has 0 aliphatic heterocycles. The van der Waals surface area contributed by atoms with Crippen LogP contribution in [0.3, 0.4) is 0 Å². The van der Waals surface area contributed by atoms with E-state index in [1.165, 1.54) is 11.1 Å². The Hall–Kier alpha value is -1.81. The Balaban J connectivity index is 1.79. The molecule has 3 nitrogen and oxygen atoms in total. The molecule has 2 aromatic heterocycles.